The summed E-state index contributed by atoms with van der Waals surface area (Å²) in [4.78, 5) is 12.4. The van der Waals surface area contributed by atoms with Crippen LogP contribution in [0.1, 0.15) is 0 Å². The van der Waals surface area contributed by atoms with E-state index < -0.39 is 0 Å². The van der Waals surface area contributed by atoms with E-state index in [4.69, 9.17) is 9.97 Å². The molecule has 0 aliphatic rings. The highest BCUT2D eigenvalue weighted by Crippen LogP contribution is 2.42. The molecule has 0 radical (unpaired) electrons. The Balaban J connectivity index is 1.38. The maximum Gasteiger partial charge on any atom is 0.159 e. The van der Waals surface area contributed by atoms with E-state index in [2.05, 4.69) is 141 Å². The van der Waals surface area contributed by atoms with Gasteiger partial charge in [-0.1, -0.05) is 131 Å². The number of fused-ring (bicyclic) bond motifs is 3. The number of halogens is 1. The molecule has 8 aromatic rings. The predicted octanol–water partition coefficient (Wildman–Crippen LogP) is 11.1. The molecule has 2 aromatic heterocycles. The van der Waals surface area contributed by atoms with Gasteiger partial charge in [0.25, 0.3) is 0 Å². The maximum atomic E-state index is 5.19. The topological polar surface area (TPSA) is 34.0 Å². The molecule has 45 heavy (non-hydrogen) atoms. The van der Waals surface area contributed by atoms with Gasteiger partial charge in [0.1, 0.15) is 0 Å². The van der Waals surface area contributed by atoms with Gasteiger partial charge in [0.2, 0.25) is 0 Å². The van der Waals surface area contributed by atoms with Gasteiger partial charge >= 0.3 is 0 Å². The van der Waals surface area contributed by atoms with E-state index in [0.29, 0.717) is 5.82 Å². The van der Waals surface area contributed by atoms with Crippen molar-refractivity contribution in [2.24, 2.45) is 0 Å². The van der Waals surface area contributed by atoms with Crippen LogP contribution in [-0.4, -0.2) is 14.5 Å². The number of hydrogen-bond donors (Lipinski definition) is 0. The largest absolute Gasteiger partial charge is 0.309 e. The number of aromatic nitrogens is 3. The standard InChI is InChI=1S/C40H27BrN4/c41-30-24-32(26-33(25-30)45-36-22-12-10-20-34(36)35-21-11-13-23-37(35)45)44(31-18-8-3-9-19-31)38-27-42-40(29-16-6-2-7-17-29)43-39(38)28-14-4-1-5-15-28/h1-27H. The number of anilines is 3. The van der Waals surface area contributed by atoms with Gasteiger partial charge in [-0.3, -0.25) is 0 Å². The molecule has 0 unspecified atom stereocenters. The lowest BCUT2D eigenvalue weighted by Gasteiger charge is -2.28. The van der Waals surface area contributed by atoms with Gasteiger partial charge in [0, 0.05) is 43.4 Å². The average Bonchev–Trinajstić information content (AvgIpc) is 3.44. The van der Waals surface area contributed by atoms with E-state index in [1.54, 1.807) is 0 Å². The van der Waals surface area contributed by atoms with Gasteiger partial charge in [-0.05, 0) is 42.5 Å². The SMILES string of the molecule is Brc1cc(N(c2ccccc2)c2cnc(-c3ccccc3)nc2-c2ccccc2)cc(-n2c3ccccc3c3ccccc32)c1. The molecule has 0 aliphatic heterocycles. The second-order valence-electron chi connectivity index (χ2n) is 10.9. The molecule has 0 fully saturated rings. The summed E-state index contributed by atoms with van der Waals surface area (Å²) in [5.74, 6) is 0.687. The first-order valence-electron chi connectivity index (χ1n) is 14.9. The van der Waals surface area contributed by atoms with E-state index in [1.807, 2.05) is 48.7 Å². The van der Waals surface area contributed by atoms with Gasteiger partial charge < -0.3 is 9.47 Å². The smallest absolute Gasteiger partial charge is 0.159 e. The number of para-hydroxylation sites is 3. The molecule has 0 saturated carbocycles. The van der Waals surface area contributed by atoms with Crippen molar-refractivity contribution in [2.45, 2.75) is 0 Å². The minimum Gasteiger partial charge on any atom is -0.309 e. The molecule has 0 spiro atoms. The van der Waals surface area contributed by atoms with Gasteiger partial charge in [-0.2, -0.15) is 0 Å². The van der Waals surface area contributed by atoms with Crippen molar-refractivity contribution in [1.82, 2.24) is 14.5 Å². The van der Waals surface area contributed by atoms with E-state index in [-0.39, 0.29) is 0 Å². The molecular weight excluding hydrogens is 616 g/mol. The Morgan fingerprint density at radius 2 is 1.09 bits per heavy atom. The fraction of sp³-hybridized carbons (Fsp3) is 0. The number of rotatable bonds is 6. The van der Waals surface area contributed by atoms with Crippen LogP contribution >= 0.6 is 15.9 Å². The van der Waals surface area contributed by atoms with Crippen molar-refractivity contribution in [2.75, 3.05) is 4.90 Å². The second-order valence-corrected chi connectivity index (χ2v) is 11.8. The highest BCUT2D eigenvalue weighted by molar-refractivity contribution is 9.10. The third kappa shape index (κ3) is 4.97. The Kier molecular flexibility index (Phi) is 6.93. The lowest BCUT2D eigenvalue weighted by atomic mass is 10.1. The van der Waals surface area contributed by atoms with Gasteiger partial charge in [-0.25, -0.2) is 9.97 Å². The molecule has 2 heterocycles. The quantitative estimate of drug-likeness (QED) is 0.181. The summed E-state index contributed by atoms with van der Waals surface area (Å²) in [6, 6.07) is 54.7. The minimum atomic E-state index is 0.687. The monoisotopic (exact) mass is 642 g/mol. The van der Waals surface area contributed by atoms with Crippen LogP contribution in [-0.2, 0) is 0 Å². The summed E-state index contributed by atoms with van der Waals surface area (Å²) in [5.41, 5.74) is 9.11. The molecule has 0 saturated heterocycles. The summed E-state index contributed by atoms with van der Waals surface area (Å²) in [5, 5.41) is 2.46. The molecule has 8 rings (SSSR count). The normalized spacial score (nSPS) is 11.2. The van der Waals surface area contributed by atoms with Crippen molar-refractivity contribution in [3.63, 3.8) is 0 Å². The zero-order valence-electron chi connectivity index (χ0n) is 24.3. The zero-order chi connectivity index (χ0) is 30.2. The number of hydrogen-bond acceptors (Lipinski definition) is 3. The second kappa shape index (κ2) is 11.5. The van der Waals surface area contributed by atoms with Crippen molar-refractivity contribution in [3.8, 4) is 28.3 Å². The summed E-state index contributed by atoms with van der Waals surface area (Å²) < 4.78 is 3.32. The Morgan fingerprint density at radius 1 is 0.533 bits per heavy atom. The first-order chi connectivity index (χ1) is 22.2. The molecule has 0 amide bonds. The lowest BCUT2D eigenvalue weighted by Crippen LogP contribution is -2.13. The van der Waals surface area contributed by atoms with Crippen molar-refractivity contribution in [1.29, 1.82) is 0 Å². The average molecular weight is 644 g/mol. The van der Waals surface area contributed by atoms with E-state index in [9.17, 15) is 0 Å². The van der Waals surface area contributed by atoms with E-state index in [1.165, 1.54) is 10.8 Å². The first kappa shape index (κ1) is 27.1. The van der Waals surface area contributed by atoms with E-state index >= 15 is 0 Å². The van der Waals surface area contributed by atoms with Crippen molar-refractivity contribution >= 4 is 54.8 Å². The van der Waals surface area contributed by atoms with Gasteiger partial charge in [0.15, 0.2) is 5.82 Å². The molecule has 5 heteroatoms. The first-order valence-corrected chi connectivity index (χ1v) is 15.7. The van der Waals surface area contributed by atoms with Crippen LogP contribution < -0.4 is 4.90 Å². The van der Waals surface area contributed by atoms with Gasteiger partial charge in [0.05, 0.1) is 28.6 Å². The third-order valence-electron chi connectivity index (χ3n) is 8.07. The summed E-state index contributed by atoms with van der Waals surface area (Å²) in [6.07, 6.45) is 1.95. The van der Waals surface area contributed by atoms with Crippen molar-refractivity contribution in [3.05, 3.63) is 168 Å². The van der Waals surface area contributed by atoms with Crippen LogP contribution in [0, 0.1) is 0 Å². The molecule has 4 nitrogen and oxygen atoms in total. The Bertz CT molecular complexity index is 2230. The predicted molar refractivity (Wildman–Crippen MR) is 190 cm³/mol. The molecule has 0 bridgehead atoms. The number of benzene rings is 6. The lowest BCUT2D eigenvalue weighted by molar-refractivity contribution is 1.13. The minimum absolute atomic E-state index is 0.687. The van der Waals surface area contributed by atoms with Crippen LogP contribution in [0.2, 0.25) is 0 Å². The van der Waals surface area contributed by atoms with Gasteiger partial charge in [-0.15, -0.1) is 0 Å². The molecule has 0 N–H and O–H groups in total. The number of nitrogens with zero attached hydrogens (tertiary/aromatic N) is 4. The molecule has 0 aliphatic carbocycles. The molecule has 6 aromatic carbocycles. The Hall–Kier alpha value is -5.52. The fourth-order valence-corrected chi connectivity index (χ4v) is 6.57. The van der Waals surface area contributed by atoms with Crippen LogP contribution in [0.3, 0.4) is 0 Å². The summed E-state index contributed by atoms with van der Waals surface area (Å²) in [6.45, 7) is 0. The van der Waals surface area contributed by atoms with Crippen LogP contribution in [0.5, 0.6) is 0 Å². The molecule has 214 valence electrons. The summed E-state index contributed by atoms with van der Waals surface area (Å²) in [7, 11) is 0. The summed E-state index contributed by atoms with van der Waals surface area (Å²) >= 11 is 3.87. The van der Waals surface area contributed by atoms with Crippen LogP contribution in [0.25, 0.3) is 50.1 Å². The Morgan fingerprint density at radius 3 is 1.73 bits per heavy atom. The van der Waals surface area contributed by atoms with Crippen LogP contribution in [0.4, 0.5) is 17.1 Å². The van der Waals surface area contributed by atoms with E-state index in [0.717, 1.165) is 55.1 Å². The highest BCUT2D eigenvalue weighted by Gasteiger charge is 2.22. The third-order valence-corrected chi connectivity index (χ3v) is 8.53. The Labute approximate surface area is 270 Å². The van der Waals surface area contributed by atoms with Crippen LogP contribution in [0.15, 0.2) is 168 Å². The zero-order valence-corrected chi connectivity index (χ0v) is 25.8. The molecular formula is C40H27BrN4. The molecule has 0 atom stereocenters. The maximum absolute atomic E-state index is 5.19. The van der Waals surface area contributed by atoms with Crippen molar-refractivity contribution < 1.29 is 0 Å². The highest BCUT2D eigenvalue weighted by atomic mass is 79.9. The fourth-order valence-electron chi connectivity index (χ4n) is 6.10.